The second-order valence-corrected chi connectivity index (χ2v) is 10.1. The van der Waals surface area contributed by atoms with Crippen molar-refractivity contribution in [3.05, 3.63) is 102 Å². The van der Waals surface area contributed by atoms with Crippen molar-refractivity contribution in [1.82, 2.24) is 4.57 Å². The lowest BCUT2D eigenvalue weighted by molar-refractivity contribution is -0.139. The molecule has 0 saturated heterocycles. The van der Waals surface area contributed by atoms with Gasteiger partial charge in [0.1, 0.15) is 29.1 Å². The Morgan fingerprint density at radius 2 is 1.90 bits per heavy atom. The van der Waals surface area contributed by atoms with Gasteiger partial charge in [-0.3, -0.25) is 9.36 Å². The van der Waals surface area contributed by atoms with E-state index in [2.05, 4.69) is 4.99 Å². The topological polar surface area (TPSA) is 92.3 Å². The molecule has 10 heteroatoms. The Balaban J connectivity index is 1.67. The highest BCUT2D eigenvalue weighted by Crippen LogP contribution is 2.37. The van der Waals surface area contributed by atoms with Gasteiger partial charge in [-0.05, 0) is 62.4 Å². The summed E-state index contributed by atoms with van der Waals surface area (Å²) in [6.07, 6.45) is 1.68. The number of furan rings is 1. The van der Waals surface area contributed by atoms with Gasteiger partial charge in [0.15, 0.2) is 4.80 Å². The van der Waals surface area contributed by atoms with Crippen LogP contribution in [0.25, 0.3) is 17.4 Å². The second kappa shape index (κ2) is 11.0. The molecule has 1 aliphatic rings. The molecule has 8 nitrogen and oxygen atoms in total. The molecule has 4 aromatic rings. The molecule has 1 aliphatic heterocycles. The van der Waals surface area contributed by atoms with E-state index in [1.807, 2.05) is 18.2 Å². The SMILES string of the molecule is CCOC(=O)C1=C(C)N=c2s/c(=C\c3ccc(-c4ccc(Cl)cc4)o3)c(=O)n2[C@@H]1c1ccc(OC)cc1OC. The van der Waals surface area contributed by atoms with Gasteiger partial charge in [0.25, 0.3) is 5.56 Å². The number of benzene rings is 2. The molecule has 0 saturated carbocycles. The van der Waals surface area contributed by atoms with Gasteiger partial charge in [-0.15, -0.1) is 0 Å². The van der Waals surface area contributed by atoms with Crippen molar-refractivity contribution < 1.29 is 23.4 Å². The Morgan fingerprint density at radius 3 is 2.59 bits per heavy atom. The van der Waals surface area contributed by atoms with E-state index < -0.39 is 12.0 Å². The molecule has 0 fully saturated rings. The van der Waals surface area contributed by atoms with E-state index in [-0.39, 0.29) is 17.7 Å². The molecule has 1 atom stereocenters. The van der Waals surface area contributed by atoms with Crippen LogP contribution in [0, 0.1) is 0 Å². The third-order valence-corrected chi connectivity index (χ3v) is 7.52. The average Bonchev–Trinajstić information content (AvgIpc) is 3.52. The summed E-state index contributed by atoms with van der Waals surface area (Å²) < 4.78 is 24.3. The maximum atomic E-state index is 13.9. The molecule has 0 bridgehead atoms. The zero-order chi connectivity index (χ0) is 27.7. The van der Waals surface area contributed by atoms with Crippen molar-refractivity contribution in [2.45, 2.75) is 19.9 Å². The number of esters is 1. The Morgan fingerprint density at radius 1 is 1.13 bits per heavy atom. The van der Waals surface area contributed by atoms with Crippen LogP contribution in [0.1, 0.15) is 31.2 Å². The van der Waals surface area contributed by atoms with E-state index in [0.29, 0.717) is 48.6 Å². The molecular formula is C29H25ClN2O6S. The first-order valence-electron chi connectivity index (χ1n) is 12.1. The summed E-state index contributed by atoms with van der Waals surface area (Å²) in [6.45, 7) is 3.64. The zero-order valence-electron chi connectivity index (χ0n) is 21.7. The predicted molar refractivity (Wildman–Crippen MR) is 149 cm³/mol. The number of fused-ring (bicyclic) bond motifs is 1. The van der Waals surface area contributed by atoms with Crippen LogP contribution < -0.4 is 24.4 Å². The minimum atomic E-state index is -0.815. The van der Waals surface area contributed by atoms with Gasteiger partial charge in [-0.2, -0.15) is 0 Å². The molecule has 200 valence electrons. The lowest BCUT2D eigenvalue weighted by atomic mass is 9.95. The number of aromatic nitrogens is 1. The first kappa shape index (κ1) is 26.5. The summed E-state index contributed by atoms with van der Waals surface area (Å²) in [5, 5.41) is 0.632. The van der Waals surface area contributed by atoms with Crippen LogP contribution in [-0.4, -0.2) is 31.4 Å². The number of ether oxygens (including phenoxy) is 3. The van der Waals surface area contributed by atoms with Gasteiger partial charge in [-0.25, -0.2) is 9.79 Å². The fraction of sp³-hybridized carbons (Fsp3) is 0.207. The number of halogens is 1. The van der Waals surface area contributed by atoms with Crippen molar-refractivity contribution in [3.8, 4) is 22.8 Å². The standard InChI is InChI=1S/C29H25ClN2O6S/c1-5-37-28(34)25-16(2)31-29-32(26(25)21-12-10-19(35-3)14-23(21)36-4)27(33)24(39-29)15-20-11-13-22(38-20)17-6-8-18(30)9-7-17/h6-15,26H,5H2,1-4H3/b24-15-/t26-/m1/s1. The van der Waals surface area contributed by atoms with Crippen molar-refractivity contribution in [3.63, 3.8) is 0 Å². The molecule has 0 spiro atoms. The van der Waals surface area contributed by atoms with Gasteiger partial charge in [0, 0.05) is 28.3 Å². The van der Waals surface area contributed by atoms with E-state index in [4.69, 9.17) is 30.2 Å². The average molecular weight is 565 g/mol. The fourth-order valence-electron chi connectivity index (χ4n) is 4.46. The highest BCUT2D eigenvalue weighted by atomic mass is 35.5. The normalized spacial score (nSPS) is 15.1. The highest BCUT2D eigenvalue weighted by Gasteiger charge is 2.35. The van der Waals surface area contributed by atoms with Crippen LogP contribution in [0.3, 0.4) is 0 Å². The predicted octanol–water partition coefficient (Wildman–Crippen LogP) is 4.73. The van der Waals surface area contributed by atoms with E-state index in [9.17, 15) is 9.59 Å². The molecule has 0 unspecified atom stereocenters. The first-order chi connectivity index (χ1) is 18.8. The molecule has 3 heterocycles. The number of hydrogen-bond donors (Lipinski definition) is 0. The number of thiazole rings is 1. The molecular weight excluding hydrogens is 540 g/mol. The van der Waals surface area contributed by atoms with E-state index in [0.717, 1.165) is 5.56 Å². The molecule has 0 radical (unpaired) electrons. The highest BCUT2D eigenvalue weighted by molar-refractivity contribution is 7.07. The molecule has 2 aromatic heterocycles. The Hall–Kier alpha value is -4.08. The summed E-state index contributed by atoms with van der Waals surface area (Å²) >= 11 is 7.21. The zero-order valence-corrected chi connectivity index (χ0v) is 23.3. The number of carbonyl (C=O) groups excluding carboxylic acids is 1. The van der Waals surface area contributed by atoms with Crippen LogP contribution in [0.4, 0.5) is 0 Å². The largest absolute Gasteiger partial charge is 0.497 e. The second-order valence-electron chi connectivity index (χ2n) is 8.62. The molecule has 2 aromatic carbocycles. The molecule has 0 amide bonds. The monoisotopic (exact) mass is 564 g/mol. The smallest absolute Gasteiger partial charge is 0.338 e. The lowest BCUT2D eigenvalue weighted by Crippen LogP contribution is -2.40. The third kappa shape index (κ3) is 5.03. The van der Waals surface area contributed by atoms with Crippen LogP contribution >= 0.6 is 22.9 Å². The van der Waals surface area contributed by atoms with Crippen LogP contribution in [-0.2, 0) is 9.53 Å². The van der Waals surface area contributed by atoms with Crippen molar-refractivity contribution in [1.29, 1.82) is 0 Å². The number of allylic oxidation sites excluding steroid dienone is 1. The van der Waals surface area contributed by atoms with E-state index >= 15 is 0 Å². The third-order valence-electron chi connectivity index (χ3n) is 6.28. The minimum Gasteiger partial charge on any atom is -0.497 e. The van der Waals surface area contributed by atoms with E-state index in [1.165, 1.54) is 23.0 Å². The number of nitrogens with zero attached hydrogens (tertiary/aromatic N) is 2. The van der Waals surface area contributed by atoms with Crippen LogP contribution in [0.5, 0.6) is 11.5 Å². The molecule has 0 N–H and O–H groups in total. The van der Waals surface area contributed by atoms with E-state index in [1.54, 1.807) is 63.4 Å². The number of rotatable bonds is 7. The summed E-state index contributed by atoms with van der Waals surface area (Å²) in [4.78, 5) is 32.1. The Bertz CT molecular complexity index is 1760. The maximum Gasteiger partial charge on any atom is 0.338 e. The number of carbonyl (C=O) groups is 1. The minimum absolute atomic E-state index is 0.181. The summed E-state index contributed by atoms with van der Waals surface area (Å²) in [7, 11) is 3.08. The van der Waals surface area contributed by atoms with Gasteiger partial charge in [0.2, 0.25) is 0 Å². The van der Waals surface area contributed by atoms with Crippen molar-refractivity contribution in [2.24, 2.45) is 4.99 Å². The van der Waals surface area contributed by atoms with Crippen LogP contribution in [0.15, 0.2) is 80.1 Å². The quantitative estimate of drug-likeness (QED) is 0.301. The summed E-state index contributed by atoms with van der Waals surface area (Å²) in [6, 6.07) is 15.4. The van der Waals surface area contributed by atoms with Crippen molar-refractivity contribution in [2.75, 3.05) is 20.8 Å². The van der Waals surface area contributed by atoms with Gasteiger partial charge in [-0.1, -0.05) is 22.9 Å². The molecule has 5 rings (SSSR count). The van der Waals surface area contributed by atoms with Crippen molar-refractivity contribution >= 4 is 35.0 Å². The number of methoxy groups -OCH3 is 2. The molecule has 39 heavy (non-hydrogen) atoms. The van der Waals surface area contributed by atoms with Crippen LogP contribution in [0.2, 0.25) is 5.02 Å². The van der Waals surface area contributed by atoms with Gasteiger partial charge in [0.05, 0.1) is 36.6 Å². The first-order valence-corrected chi connectivity index (χ1v) is 13.3. The Labute approximate surface area is 233 Å². The molecule has 0 aliphatic carbocycles. The number of hydrogen-bond acceptors (Lipinski definition) is 8. The maximum absolute atomic E-state index is 13.9. The fourth-order valence-corrected chi connectivity index (χ4v) is 5.61. The summed E-state index contributed by atoms with van der Waals surface area (Å²) in [5.41, 5.74) is 1.88. The van der Waals surface area contributed by atoms with Gasteiger partial charge < -0.3 is 18.6 Å². The van der Waals surface area contributed by atoms with Gasteiger partial charge >= 0.3 is 5.97 Å². The lowest BCUT2D eigenvalue weighted by Gasteiger charge is -2.26. The summed E-state index contributed by atoms with van der Waals surface area (Å²) in [5.74, 6) is 1.64. The Kier molecular flexibility index (Phi) is 7.45.